The molecule has 26 heavy (non-hydrogen) atoms. The van der Waals surface area contributed by atoms with Crippen molar-refractivity contribution in [3.05, 3.63) is 84.4 Å². The Bertz CT molecular complexity index is 951. The molecule has 0 aliphatic rings. The van der Waals surface area contributed by atoms with Crippen molar-refractivity contribution in [3.8, 4) is 11.5 Å². The molecule has 3 aromatic rings. The van der Waals surface area contributed by atoms with Crippen LogP contribution in [0.2, 0.25) is 0 Å². The molecule has 0 aliphatic heterocycles. The standard InChI is InChI=1S/C19H16NO5P/c21-19(20-15-5-4-8-18(13-15)26(22,23)24)14-9-11-17(12-10-14)25-16-6-2-1-3-7-16/h1-13H,(H,20,21)(H2,22,23,24). The molecule has 0 bridgehead atoms. The number of nitrogens with one attached hydrogen (secondary N) is 1. The van der Waals surface area contributed by atoms with E-state index >= 15 is 0 Å². The lowest BCUT2D eigenvalue weighted by Gasteiger charge is -2.09. The van der Waals surface area contributed by atoms with E-state index in [-0.39, 0.29) is 11.2 Å². The zero-order chi connectivity index (χ0) is 18.6. The molecule has 0 atom stereocenters. The van der Waals surface area contributed by atoms with Crippen molar-refractivity contribution in [1.29, 1.82) is 0 Å². The number of carbonyl (C=O) groups is 1. The summed E-state index contributed by atoms with van der Waals surface area (Å²) in [6, 6.07) is 21.4. The van der Waals surface area contributed by atoms with Crippen LogP contribution in [0.15, 0.2) is 78.9 Å². The molecule has 3 rings (SSSR count). The van der Waals surface area contributed by atoms with Gasteiger partial charge in [-0.15, -0.1) is 0 Å². The van der Waals surface area contributed by atoms with Crippen molar-refractivity contribution >= 4 is 24.5 Å². The predicted octanol–water partition coefficient (Wildman–Crippen LogP) is 3.53. The average Bonchev–Trinajstić information content (AvgIpc) is 2.63. The van der Waals surface area contributed by atoms with Crippen molar-refractivity contribution in [1.82, 2.24) is 0 Å². The van der Waals surface area contributed by atoms with Gasteiger partial charge in [0.2, 0.25) is 0 Å². The van der Waals surface area contributed by atoms with E-state index in [2.05, 4.69) is 5.32 Å². The van der Waals surface area contributed by atoms with Gasteiger partial charge >= 0.3 is 7.60 Å². The largest absolute Gasteiger partial charge is 0.457 e. The van der Waals surface area contributed by atoms with E-state index in [1.807, 2.05) is 30.3 Å². The summed E-state index contributed by atoms with van der Waals surface area (Å²) in [5, 5.41) is 2.47. The van der Waals surface area contributed by atoms with Crippen molar-refractivity contribution in [2.24, 2.45) is 0 Å². The number of anilines is 1. The van der Waals surface area contributed by atoms with Crippen LogP contribution in [0.5, 0.6) is 11.5 Å². The van der Waals surface area contributed by atoms with E-state index in [4.69, 9.17) is 4.74 Å². The van der Waals surface area contributed by atoms with Gasteiger partial charge in [0, 0.05) is 11.3 Å². The number of benzene rings is 3. The molecule has 0 heterocycles. The molecular weight excluding hydrogens is 353 g/mol. The van der Waals surface area contributed by atoms with E-state index < -0.39 is 7.60 Å². The number of para-hydroxylation sites is 1. The molecule has 0 radical (unpaired) electrons. The molecular formula is C19H16NO5P. The van der Waals surface area contributed by atoms with Crippen LogP contribution in [-0.4, -0.2) is 15.7 Å². The summed E-state index contributed by atoms with van der Waals surface area (Å²) < 4.78 is 17.0. The van der Waals surface area contributed by atoms with Gasteiger partial charge in [0.15, 0.2) is 0 Å². The van der Waals surface area contributed by atoms with Gasteiger partial charge in [-0.2, -0.15) is 0 Å². The predicted molar refractivity (Wildman–Crippen MR) is 99.0 cm³/mol. The summed E-state index contributed by atoms with van der Waals surface area (Å²) in [5.74, 6) is 0.898. The van der Waals surface area contributed by atoms with Gasteiger partial charge in [0.1, 0.15) is 11.5 Å². The van der Waals surface area contributed by atoms with Gasteiger partial charge in [-0.05, 0) is 54.6 Å². The minimum atomic E-state index is -4.37. The Hall–Kier alpha value is -2.92. The molecule has 0 aromatic heterocycles. The van der Waals surface area contributed by atoms with Crippen LogP contribution in [0, 0.1) is 0 Å². The number of ether oxygens (including phenoxy) is 1. The molecule has 0 fully saturated rings. The minimum Gasteiger partial charge on any atom is -0.457 e. The van der Waals surface area contributed by atoms with Gasteiger partial charge in [-0.25, -0.2) is 0 Å². The Balaban J connectivity index is 1.70. The Kier molecular flexibility index (Phi) is 5.19. The number of amides is 1. The summed E-state index contributed by atoms with van der Waals surface area (Å²) in [5.41, 5.74) is 0.701. The molecule has 0 saturated carbocycles. The van der Waals surface area contributed by atoms with Gasteiger partial charge in [-0.3, -0.25) is 9.36 Å². The smallest absolute Gasteiger partial charge is 0.356 e. The summed E-state index contributed by atoms with van der Waals surface area (Å²) in [4.78, 5) is 30.7. The first-order chi connectivity index (χ1) is 12.4. The molecule has 0 spiro atoms. The second-order valence-corrected chi connectivity index (χ2v) is 7.09. The topological polar surface area (TPSA) is 95.9 Å². The normalized spacial score (nSPS) is 11.0. The Labute approximate surface area is 150 Å². The lowest BCUT2D eigenvalue weighted by Crippen LogP contribution is -2.13. The van der Waals surface area contributed by atoms with Crippen LogP contribution in [0.3, 0.4) is 0 Å². The van der Waals surface area contributed by atoms with E-state index in [0.717, 1.165) is 0 Å². The fourth-order valence-corrected chi connectivity index (χ4v) is 2.85. The molecule has 3 N–H and O–H groups in total. The first-order valence-corrected chi connectivity index (χ1v) is 9.33. The van der Waals surface area contributed by atoms with E-state index in [0.29, 0.717) is 22.7 Å². The third-order valence-electron chi connectivity index (χ3n) is 3.54. The second kappa shape index (κ2) is 7.54. The lowest BCUT2D eigenvalue weighted by molar-refractivity contribution is 0.102. The first-order valence-electron chi connectivity index (χ1n) is 7.72. The highest BCUT2D eigenvalue weighted by molar-refractivity contribution is 7.60. The Morgan fingerprint density at radius 3 is 2.15 bits per heavy atom. The average molecular weight is 369 g/mol. The monoisotopic (exact) mass is 369 g/mol. The number of hydrogen-bond acceptors (Lipinski definition) is 3. The maximum atomic E-state index is 12.3. The van der Waals surface area contributed by atoms with Crippen LogP contribution in [0.25, 0.3) is 0 Å². The van der Waals surface area contributed by atoms with Crippen molar-refractivity contribution in [2.45, 2.75) is 0 Å². The fraction of sp³-hybridized carbons (Fsp3) is 0. The zero-order valence-corrected chi connectivity index (χ0v) is 14.5. The second-order valence-electron chi connectivity index (χ2n) is 5.49. The van der Waals surface area contributed by atoms with Crippen molar-refractivity contribution in [3.63, 3.8) is 0 Å². The third kappa shape index (κ3) is 4.58. The minimum absolute atomic E-state index is 0.151. The van der Waals surface area contributed by atoms with Gasteiger partial charge in [-0.1, -0.05) is 24.3 Å². The maximum Gasteiger partial charge on any atom is 0.356 e. The van der Waals surface area contributed by atoms with Gasteiger partial charge in [0.25, 0.3) is 5.91 Å². The third-order valence-corrected chi connectivity index (χ3v) is 4.49. The molecule has 1 amide bonds. The van der Waals surface area contributed by atoms with Crippen LogP contribution in [-0.2, 0) is 4.57 Å². The van der Waals surface area contributed by atoms with Gasteiger partial charge in [0.05, 0.1) is 5.30 Å². The van der Waals surface area contributed by atoms with Crippen molar-refractivity contribution in [2.75, 3.05) is 5.32 Å². The summed E-state index contributed by atoms with van der Waals surface area (Å²) in [6.07, 6.45) is 0. The molecule has 3 aromatic carbocycles. The molecule has 6 nitrogen and oxygen atoms in total. The molecule has 0 unspecified atom stereocenters. The lowest BCUT2D eigenvalue weighted by atomic mass is 10.2. The Morgan fingerprint density at radius 2 is 1.50 bits per heavy atom. The Morgan fingerprint density at radius 1 is 0.846 bits per heavy atom. The molecule has 0 saturated heterocycles. The maximum absolute atomic E-state index is 12.3. The quantitative estimate of drug-likeness (QED) is 0.598. The number of rotatable bonds is 5. The molecule has 7 heteroatoms. The zero-order valence-electron chi connectivity index (χ0n) is 13.6. The van der Waals surface area contributed by atoms with Crippen LogP contribution in [0.1, 0.15) is 10.4 Å². The SMILES string of the molecule is O=C(Nc1cccc(P(=O)(O)O)c1)c1ccc(Oc2ccccc2)cc1. The van der Waals surface area contributed by atoms with Crippen molar-refractivity contribution < 1.29 is 23.9 Å². The van der Waals surface area contributed by atoms with E-state index in [1.54, 1.807) is 30.3 Å². The summed E-state index contributed by atoms with van der Waals surface area (Å²) in [7, 11) is -4.37. The van der Waals surface area contributed by atoms with E-state index in [9.17, 15) is 19.1 Å². The highest BCUT2D eigenvalue weighted by atomic mass is 31.2. The summed E-state index contributed by atoms with van der Waals surface area (Å²) >= 11 is 0. The van der Waals surface area contributed by atoms with Gasteiger partial charge < -0.3 is 19.8 Å². The first kappa shape index (κ1) is 17.9. The summed E-state index contributed by atoms with van der Waals surface area (Å²) in [6.45, 7) is 0. The van der Waals surface area contributed by atoms with Crippen LogP contribution >= 0.6 is 7.60 Å². The van der Waals surface area contributed by atoms with Crippen LogP contribution in [0.4, 0.5) is 5.69 Å². The molecule has 132 valence electrons. The van der Waals surface area contributed by atoms with E-state index in [1.165, 1.54) is 18.2 Å². The number of hydrogen-bond donors (Lipinski definition) is 3. The number of carbonyl (C=O) groups excluding carboxylic acids is 1. The highest BCUT2D eigenvalue weighted by Crippen LogP contribution is 2.33. The molecule has 0 aliphatic carbocycles. The fourth-order valence-electron chi connectivity index (χ4n) is 2.27. The highest BCUT2D eigenvalue weighted by Gasteiger charge is 2.17. The van der Waals surface area contributed by atoms with Crippen LogP contribution < -0.4 is 15.4 Å².